The van der Waals surface area contributed by atoms with Crippen LogP contribution in [0.3, 0.4) is 0 Å². The van der Waals surface area contributed by atoms with E-state index in [1.54, 1.807) is 12.1 Å². The van der Waals surface area contributed by atoms with Crippen LogP contribution in [0.5, 0.6) is 0 Å². The zero-order chi connectivity index (χ0) is 19.6. The van der Waals surface area contributed by atoms with Crippen LogP contribution in [-0.2, 0) is 21.2 Å². The number of aryl methyl sites for hydroxylation is 1. The lowest BCUT2D eigenvalue weighted by Crippen LogP contribution is -2.48. The molecule has 1 aliphatic rings. The Labute approximate surface area is 162 Å². The zero-order valence-electron chi connectivity index (χ0n) is 15.4. The van der Waals surface area contributed by atoms with Crippen LogP contribution >= 0.6 is 11.3 Å². The first-order valence-electron chi connectivity index (χ1n) is 8.69. The predicted molar refractivity (Wildman–Crippen MR) is 102 cm³/mol. The van der Waals surface area contributed by atoms with Gasteiger partial charge >= 0.3 is 0 Å². The van der Waals surface area contributed by atoms with Gasteiger partial charge in [-0.1, -0.05) is 24.3 Å². The first-order chi connectivity index (χ1) is 12.8. The highest BCUT2D eigenvalue weighted by atomic mass is 32.2. The number of aromatic nitrogens is 2. The van der Waals surface area contributed by atoms with Crippen molar-refractivity contribution in [2.75, 3.05) is 18.4 Å². The van der Waals surface area contributed by atoms with E-state index >= 15 is 0 Å². The van der Waals surface area contributed by atoms with Crippen molar-refractivity contribution >= 4 is 32.4 Å². The molecular formula is C17H22N4O4S2. The van der Waals surface area contributed by atoms with Gasteiger partial charge in [-0.05, 0) is 38.5 Å². The van der Waals surface area contributed by atoms with Crippen molar-refractivity contribution in [1.29, 1.82) is 0 Å². The summed E-state index contributed by atoms with van der Waals surface area (Å²) in [6.07, 6.45) is 0.373. The van der Waals surface area contributed by atoms with E-state index in [-0.39, 0.29) is 35.8 Å². The van der Waals surface area contributed by atoms with E-state index in [2.05, 4.69) is 15.5 Å². The highest BCUT2D eigenvalue weighted by Gasteiger charge is 2.32. The third-order valence-electron chi connectivity index (χ3n) is 4.11. The fraction of sp³-hybridized carbons (Fsp3) is 0.471. The van der Waals surface area contributed by atoms with Gasteiger partial charge in [-0.3, -0.25) is 10.1 Å². The Morgan fingerprint density at radius 1 is 1.30 bits per heavy atom. The molecule has 1 N–H and O–H groups in total. The molecule has 146 valence electrons. The second-order valence-electron chi connectivity index (χ2n) is 6.42. The summed E-state index contributed by atoms with van der Waals surface area (Å²) in [4.78, 5) is 12.6. The SMILES string of the molecule is CCc1nnc(NC(=O)c2cccc(S(=O)(=O)N3C[C@@H](C)O[C@@H](C)C3)c2)s1. The normalized spacial score (nSPS) is 21.1. The molecule has 0 unspecified atom stereocenters. The number of anilines is 1. The Morgan fingerprint density at radius 2 is 2.00 bits per heavy atom. The fourth-order valence-corrected chi connectivity index (χ4v) is 5.20. The first kappa shape index (κ1) is 19.9. The third kappa shape index (κ3) is 4.52. The number of benzene rings is 1. The van der Waals surface area contributed by atoms with Crippen LogP contribution < -0.4 is 5.32 Å². The number of carbonyl (C=O) groups excluding carboxylic acids is 1. The number of sulfonamides is 1. The third-order valence-corrected chi connectivity index (χ3v) is 6.92. The molecule has 8 nitrogen and oxygen atoms in total. The summed E-state index contributed by atoms with van der Waals surface area (Å²) in [6.45, 7) is 6.21. The highest BCUT2D eigenvalue weighted by molar-refractivity contribution is 7.89. The van der Waals surface area contributed by atoms with Crippen LogP contribution in [0, 0.1) is 0 Å². The predicted octanol–water partition coefficient (Wildman–Crippen LogP) is 2.15. The van der Waals surface area contributed by atoms with Gasteiger partial charge in [0.25, 0.3) is 5.91 Å². The summed E-state index contributed by atoms with van der Waals surface area (Å²) in [5, 5.41) is 11.7. The van der Waals surface area contributed by atoms with Crippen molar-refractivity contribution < 1.29 is 17.9 Å². The molecule has 0 saturated carbocycles. The minimum Gasteiger partial charge on any atom is -0.373 e. The maximum atomic E-state index is 13.0. The van der Waals surface area contributed by atoms with Crippen LogP contribution in [0.25, 0.3) is 0 Å². The molecule has 1 amide bonds. The van der Waals surface area contributed by atoms with E-state index < -0.39 is 15.9 Å². The maximum Gasteiger partial charge on any atom is 0.257 e. The number of carbonyl (C=O) groups is 1. The summed E-state index contributed by atoms with van der Waals surface area (Å²) in [5.41, 5.74) is 0.249. The van der Waals surface area contributed by atoms with Gasteiger partial charge in [-0.15, -0.1) is 10.2 Å². The number of ether oxygens (including phenoxy) is 1. The average molecular weight is 411 g/mol. The molecule has 2 heterocycles. The van der Waals surface area contributed by atoms with Gasteiger partial charge in [0, 0.05) is 18.7 Å². The van der Waals surface area contributed by atoms with Gasteiger partial charge in [-0.25, -0.2) is 8.42 Å². The van der Waals surface area contributed by atoms with Crippen molar-refractivity contribution in [2.45, 2.75) is 44.3 Å². The molecule has 0 aliphatic carbocycles. The monoisotopic (exact) mass is 410 g/mol. The second kappa shape index (κ2) is 8.01. The van der Waals surface area contributed by atoms with Gasteiger partial charge in [0.1, 0.15) is 5.01 Å². The van der Waals surface area contributed by atoms with Crippen LogP contribution in [0.2, 0.25) is 0 Å². The summed E-state index contributed by atoms with van der Waals surface area (Å²) in [6, 6.07) is 6.02. The molecule has 27 heavy (non-hydrogen) atoms. The first-order valence-corrected chi connectivity index (χ1v) is 10.9. The Morgan fingerprint density at radius 3 is 2.63 bits per heavy atom. The molecule has 1 aromatic heterocycles. The molecule has 1 aromatic carbocycles. The van der Waals surface area contributed by atoms with E-state index in [1.165, 1.54) is 27.8 Å². The van der Waals surface area contributed by atoms with Crippen molar-refractivity contribution in [3.63, 3.8) is 0 Å². The minimum absolute atomic E-state index is 0.0861. The molecule has 2 aromatic rings. The molecule has 3 rings (SSSR count). The molecule has 1 saturated heterocycles. The highest BCUT2D eigenvalue weighted by Crippen LogP contribution is 2.23. The number of hydrogen-bond acceptors (Lipinski definition) is 7. The van der Waals surface area contributed by atoms with Crippen molar-refractivity contribution in [2.24, 2.45) is 0 Å². The Bertz CT molecular complexity index is 919. The topological polar surface area (TPSA) is 101 Å². The van der Waals surface area contributed by atoms with E-state index in [0.29, 0.717) is 5.13 Å². The van der Waals surface area contributed by atoms with Gasteiger partial charge in [0.05, 0.1) is 17.1 Å². The fourth-order valence-electron chi connectivity index (χ4n) is 2.89. The van der Waals surface area contributed by atoms with E-state index in [1.807, 2.05) is 20.8 Å². The Hall–Kier alpha value is -1.88. The zero-order valence-corrected chi connectivity index (χ0v) is 17.0. The number of nitrogens with one attached hydrogen (secondary N) is 1. The Kier molecular flexibility index (Phi) is 5.89. The smallest absolute Gasteiger partial charge is 0.257 e. The van der Waals surface area contributed by atoms with Gasteiger partial charge in [0.2, 0.25) is 15.2 Å². The molecule has 2 atom stereocenters. The largest absolute Gasteiger partial charge is 0.373 e. The Balaban J connectivity index is 1.80. The second-order valence-corrected chi connectivity index (χ2v) is 9.42. The van der Waals surface area contributed by atoms with Gasteiger partial charge < -0.3 is 4.74 Å². The lowest BCUT2D eigenvalue weighted by Gasteiger charge is -2.34. The van der Waals surface area contributed by atoms with Crippen molar-refractivity contribution in [3.8, 4) is 0 Å². The molecule has 10 heteroatoms. The average Bonchev–Trinajstić information content (AvgIpc) is 3.08. The summed E-state index contributed by atoms with van der Waals surface area (Å²) < 4.78 is 33.0. The van der Waals surface area contributed by atoms with Crippen LogP contribution in [0.15, 0.2) is 29.2 Å². The standard InChI is InChI=1S/C17H22N4O4S2/c1-4-15-19-20-17(26-15)18-16(22)13-6-5-7-14(8-13)27(23,24)21-9-11(2)25-12(3)10-21/h5-8,11-12H,4,9-10H2,1-3H3,(H,18,20,22)/t11-,12+. The van der Waals surface area contributed by atoms with E-state index in [0.717, 1.165) is 11.4 Å². The molecule has 1 aliphatic heterocycles. The minimum atomic E-state index is -3.71. The van der Waals surface area contributed by atoms with Crippen LogP contribution in [0.1, 0.15) is 36.1 Å². The number of amides is 1. The molecule has 0 bridgehead atoms. The van der Waals surface area contributed by atoms with E-state index in [9.17, 15) is 13.2 Å². The van der Waals surface area contributed by atoms with Crippen molar-refractivity contribution in [3.05, 3.63) is 34.8 Å². The molecule has 1 fully saturated rings. The molecule has 0 spiro atoms. The number of hydrogen-bond donors (Lipinski definition) is 1. The molecule has 0 radical (unpaired) electrons. The number of rotatable bonds is 5. The number of morpholine rings is 1. The van der Waals surface area contributed by atoms with Crippen LogP contribution in [-0.4, -0.2) is 54.1 Å². The van der Waals surface area contributed by atoms with Gasteiger partial charge in [-0.2, -0.15) is 4.31 Å². The van der Waals surface area contributed by atoms with Gasteiger partial charge in [0.15, 0.2) is 0 Å². The van der Waals surface area contributed by atoms with Crippen LogP contribution in [0.4, 0.5) is 5.13 Å². The summed E-state index contributed by atoms with van der Waals surface area (Å²) in [5.74, 6) is -0.422. The molecular weight excluding hydrogens is 388 g/mol. The summed E-state index contributed by atoms with van der Waals surface area (Å²) >= 11 is 1.29. The number of nitrogens with zero attached hydrogens (tertiary/aromatic N) is 3. The van der Waals surface area contributed by atoms with E-state index in [4.69, 9.17) is 4.74 Å². The van der Waals surface area contributed by atoms with Crippen molar-refractivity contribution in [1.82, 2.24) is 14.5 Å². The maximum absolute atomic E-state index is 13.0. The summed E-state index contributed by atoms with van der Waals surface area (Å²) in [7, 11) is -3.71. The lowest BCUT2D eigenvalue weighted by atomic mass is 10.2. The quantitative estimate of drug-likeness (QED) is 0.810. The lowest BCUT2D eigenvalue weighted by molar-refractivity contribution is -0.0440.